The molecule has 9 heteroatoms. The van der Waals surface area contributed by atoms with Gasteiger partial charge in [0.1, 0.15) is 0 Å². The summed E-state index contributed by atoms with van der Waals surface area (Å²) >= 11 is 0. The predicted octanol–water partition coefficient (Wildman–Crippen LogP) is 5.14. The topological polar surface area (TPSA) is 81.2 Å². The number of pyridine rings is 1. The molecule has 2 unspecified atom stereocenters. The van der Waals surface area contributed by atoms with Crippen LogP contribution in [0.1, 0.15) is 61.9 Å². The Morgan fingerprint density at radius 3 is 2.71 bits per heavy atom. The number of H-pyrrole nitrogens is 1. The number of nitrogens with one attached hydrogen (secondary N) is 1. The first-order chi connectivity index (χ1) is 20.2. The van der Waals surface area contributed by atoms with Gasteiger partial charge >= 0.3 is 0 Å². The number of carbonyl (C=O) groups excluding carboxylic acids is 1. The third kappa shape index (κ3) is 6.99. The number of aromatic amines is 1. The van der Waals surface area contributed by atoms with Crippen LogP contribution in [-0.4, -0.2) is 85.0 Å². The van der Waals surface area contributed by atoms with Gasteiger partial charge in [-0.25, -0.2) is 0 Å². The van der Waals surface area contributed by atoms with Gasteiger partial charge in [0, 0.05) is 75.1 Å². The lowest BCUT2D eigenvalue weighted by Gasteiger charge is -2.35. The van der Waals surface area contributed by atoms with E-state index in [1.54, 1.807) is 0 Å². The van der Waals surface area contributed by atoms with Gasteiger partial charge in [0.05, 0.1) is 17.2 Å². The summed E-state index contributed by atoms with van der Waals surface area (Å²) in [7, 11) is 0.886. The van der Waals surface area contributed by atoms with E-state index in [2.05, 4.69) is 32.9 Å². The molecule has 0 spiro atoms. The quantitative estimate of drug-likeness (QED) is 0.509. The first-order valence-corrected chi connectivity index (χ1v) is 16.6. The van der Waals surface area contributed by atoms with Crippen LogP contribution in [0.2, 0.25) is 0 Å². The van der Waals surface area contributed by atoms with Crippen molar-refractivity contribution in [1.82, 2.24) is 14.8 Å². The number of amides is 1. The predicted molar refractivity (Wildman–Crippen MR) is 171 cm³/mol. The van der Waals surface area contributed by atoms with Crippen LogP contribution in [0.15, 0.2) is 51.6 Å². The summed E-state index contributed by atoms with van der Waals surface area (Å²) in [6.07, 6.45) is 13.1. The second-order valence-corrected chi connectivity index (χ2v) is 12.0. The normalized spacial score (nSPS) is 22.3. The molecule has 1 aromatic carbocycles. The summed E-state index contributed by atoms with van der Waals surface area (Å²) in [5.74, 6) is 2.41. The molecule has 1 amide bonds. The smallest absolute Gasteiger partial charge is 0.254 e. The summed E-state index contributed by atoms with van der Waals surface area (Å²) in [4.78, 5) is 34.2. The Morgan fingerprint density at radius 1 is 1.10 bits per heavy atom. The number of anilines is 1. The number of rotatable bonds is 4. The fourth-order valence-electron chi connectivity index (χ4n) is 6.12. The zero-order valence-electron chi connectivity index (χ0n) is 24.5. The highest BCUT2D eigenvalue weighted by atomic mass is 31.1. The summed E-state index contributed by atoms with van der Waals surface area (Å²) < 4.78 is 5.73. The lowest BCUT2D eigenvalue weighted by molar-refractivity contribution is 0.0648. The van der Waals surface area contributed by atoms with E-state index in [4.69, 9.17) is 9.84 Å². The Hall–Kier alpha value is -2.80. The number of fused-ring (bicyclic) bond motifs is 3. The maximum atomic E-state index is 13.6. The van der Waals surface area contributed by atoms with Crippen molar-refractivity contribution in [3.63, 3.8) is 0 Å². The number of hydrogen-bond acceptors (Lipinski definition) is 6. The molecular weight excluding hydrogens is 533 g/mol. The molecule has 0 radical (unpaired) electrons. The highest BCUT2D eigenvalue weighted by Gasteiger charge is 2.28. The monoisotopic (exact) mass is 577 g/mol. The van der Waals surface area contributed by atoms with Crippen LogP contribution in [0, 0.1) is 0 Å². The molecule has 5 heterocycles. The van der Waals surface area contributed by atoms with Gasteiger partial charge in [0.25, 0.3) is 11.5 Å². The van der Waals surface area contributed by atoms with Gasteiger partial charge in [-0.15, -0.1) is 0 Å². The van der Waals surface area contributed by atoms with Gasteiger partial charge in [-0.05, 0) is 62.0 Å². The van der Waals surface area contributed by atoms with Gasteiger partial charge in [-0.3, -0.25) is 19.5 Å². The first kappa shape index (κ1) is 29.7. The third-order valence-electron chi connectivity index (χ3n) is 8.23. The molecule has 0 bridgehead atoms. The summed E-state index contributed by atoms with van der Waals surface area (Å²) in [6, 6.07) is 5.92. The average Bonchev–Trinajstić information content (AvgIpc) is 3.17. The molecule has 2 fully saturated rings. The third-order valence-corrected chi connectivity index (χ3v) is 9.28. The molecule has 1 aromatic heterocycles. The van der Waals surface area contributed by atoms with Crippen molar-refractivity contribution in [2.45, 2.75) is 58.4 Å². The van der Waals surface area contributed by atoms with Crippen LogP contribution < -0.4 is 10.6 Å². The molecule has 2 aromatic rings. The van der Waals surface area contributed by atoms with Crippen LogP contribution in [0.4, 0.5) is 5.69 Å². The molecule has 8 nitrogen and oxygen atoms in total. The Kier molecular flexibility index (Phi) is 10.4. The van der Waals surface area contributed by atoms with Crippen LogP contribution in [0.25, 0.3) is 10.9 Å². The number of ether oxygens (including phenoxy) is 1. The minimum absolute atomic E-state index is 0.0558. The number of hydrogen-bond donors (Lipinski definition) is 1. The average molecular weight is 578 g/mol. The van der Waals surface area contributed by atoms with Gasteiger partial charge in [0.2, 0.25) is 0 Å². The molecule has 4 aliphatic heterocycles. The number of nitrogens with zero attached hydrogens (tertiary/aromatic N) is 4. The molecule has 0 aliphatic carbocycles. The van der Waals surface area contributed by atoms with Crippen LogP contribution in [0.5, 0.6) is 0 Å². The van der Waals surface area contributed by atoms with Gasteiger partial charge in [-0.1, -0.05) is 40.4 Å². The van der Waals surface area contributed by atoms with E-state index in [9.17, 15) is 9.59 Å². The fraction of sp³-hybridized carbons (Fsp3) is 0.531. The van der Waals surface area contributed by atoms with E-state index in [-0.39, 0.29) is 17.5 Å². The molecule has 220 valence electrons. The van der Waals surface area contributed by atoms with E-state index in [0.29, 0.717) is 12.0 Å². The van der Waals surface area contributed by atoms with Crippen molar-refractivity contribution in [3.8, 4) is 0 Å². The molecule has 0 saturated carbocycles. The summed E-state index contributed by atoms with van der Waals surface area (Å²) in [5, 5.41) is 7.79. The number of hydrazone groups is 1. The first-order valence-electron chi connectivity index (χ1n) is 15.4. The second kappa shape index (κ2) is 14.4. The maximum Gasteiger partial charge on any atom is 0.254 e. The van der Waals surface area contributed by atoms with Crippen LogP contribution in [-0.2, 0) is 11.2 Å². The van der Waals surface area contributed by atoms with Crippen LogP contribution >= 0.6 is 8.58 Å². The fourth-order valence-corrected chi connectivity index (χ4v) is 6.94. The maximum absolute atomic E-state index is 13.6. The highest BCUT2D eigenvalue weighted by molar-refractivity contribution is 7.42. The van der Waals surface area contributed by atoms with E-state index >= 15 is 0 Å². The minimum atomic E-state index is -0.0706. The molecule has 41 heavy (non-hydrogen) atoms. The number of piperazine rings is 1. The second-order valence-electron chi connectivity index (χ2n) is 10.9. The molecule has 1 N–H and O–H groups in total. The zero-order valence-corrected chi connectivity index (χ0v) is 25.5. The van der Waals surface area contributed by atoms with E-state index < -0.39 is 0 Å². The van der Waals surface area contributed by atoms with E-state index in [1.165, 1.54) is 5.57 Å². The Morgan fingerprint density at radius 2 is 1.90 bits per heavy atom. The molecule has 2 atom stereocenters. The largest absolute Gasteiger partial charge is 0.381 e. The number of benzene rings is 1. The summed E-state index contributed by atoms with van der Waals surface area (Å²) in [5.41, 5.74) is 4.35. The van der Waals surface area contributed by atoms with Crippen molar-refractivity contribution in [3.05, 3.63) is 63.2 Å². The number of allylic oxidation sites excluding steroid dienone is 1. The van der Waals surface area contributed by atoms with Crippen molar-refractivity contribution in [1.29, 1.82) is 0 Å². The SMILES string of the molecule is CC.O=C(c1ccc2[nH]c(=O)c3c(c2c1)N(C1CCCCOCCC1)N=CC3)N1CCN(CC2=CPCC=C2)CC1. The molecule has 6 rings (SSSR count). The standard InChI is InChI=1S/C30H38N5O3P.C2H6/c36-29-25-10-11-31-35(24-6-1-2-16-38-17-3-7-24)28(25)26-19-23(8-9-27(26)32-29)30(37)34-14-12-33(13-15-34)20-22-5-4-18-39-21-22;1-2/h4-5,8-9,11,19,21,24,39H,1-3,6-7,10,12-18,20H2,(H,32,36);1-2H3. The van der Waals surface area contributed by atoms with Crippen molar-refractivity contribution in [2.75, 3.05) is 57.1 Å². The van der Waals surface area contributed by atoms with Crippen molar-refractivity contribution in [2.24, 2.45) is 5.10 Å². The Bertz CT molecular complexity index is 1350. The van der Waals surface area contributed by atoms with Crippen molar-refractivity contribution < 1.29 is 9.53 Å². The van der Waals surface area contributed by atoms with E-state index in [1.807, 2.05) is 43.2 Å². The van der Waals surface area contributed by atoms with Gasteiger partial charge < -0.3 is 14.6 Å². The zero-order chi connectivity index (χ0) is 28.6. The lowest BCUT2D eigenvalue weighted by Crippen LogP contribution is -2.49. The van der Waals surface area contributed by atoms with Crippen LogP contribution in [0.3, 0.4) is 0 Å². The van der Waals surface area contributed by atoms with Crippen molar-refractivity contribution >= 4 is 37.3 Å². The highest BCUT2D eigenvalue weighted by Crippen LogP contribution is 2.35. The molecule has 4 aliphatic rings. The van der Waals surface area contributed by atoms with Gasteiger partial charge in [0.15, 0.2) is 0 Å². The molecular formula is C32H44N5O3P. The van der Waals surface area contributed by atoms with Gasteiger partial charge in [-0.2, -0.15) is 5.10 Å². The minimum Gasteiger partial charge on any atom is -0.381 e. The number of aromatic nitrogens is 1. The number of carbonyl (C=O) groups is 1. The Balaban J connectivity index is 0.00000165. The lowest BCUT2D eigenvalue weighted by atomic mass is 9.98. The summed E-state index contributed by atoms with van der Waals surface area (Å²) in [6.45, 7) is 9.74. The Labute approximate surface area is 245 Å². The molecule has 2 saturated heterocycles. The van der Waals surface area contributed by atoms with E-state index in [0.717, 1.165) is 115 Å².